The van der Waals surface area contributed by atoms with Gasteiger partial charge in [-0.15, -0.1) is 5.92 Å². The average Bonchev–Trinajstić information content (AvgIpc) is 3.31. The number of esters is 1. The molecule has 1 fully saturated rings. The molecule has 3 aromatic rings. The van der Waals surface area contributed by atoms with Gasteiger partial charge in [-0.1, -0.05) is 72.7 Å². The minimum Gasteiger partial charge on any atom is -0.489 e. The van der Waals surface area contributed by atoms with Crippen LogP contribution in [0.25, 0.3) is 6.08 Å². The zero-order chi connectivity index (χ0) is 27.2. The molecule has 1 aliphatic heterocycles. The van der Waals surface area contributed by atoms with Crippen molar-refractivity contribution in [3.8, 4) is 17.6 Å². The summed E-state index contributed by atoms with van der Waals surface area (Å²) in [6, 6.07) is 21.9. The van der Waals surface area contributed by atoms with Crippen LogP contribution in [0.3, 0.4) is 0 Å². The maximum Gasteiger partial charge on any atom is 0.307 e. The topological polar surface area (TPSA) is 38.8 Å². The number of carbonyl (C=O) groups is 1. The molecule has 5 heteroatoms. The van der Waals surface area contributed by atoms with E-state index in [4.69, 9.17) is 9.47 Å². The molecule has 3 aromatic carbocycles. The SMILES string of the molecule is CC#CC(CC(=O)OC)c1ccc(OCc2ccc(CN3CCC4(C=Cc5ccccc54)CC3)cc2)cc1F. The highest BCUT2D eigenvalue weighted by molar-refractivity contribution is 5.71. The first-order valence-corrected chi connectivity index (χ1v) is 13.5. The van der Waals surface area contributed by atoms with Crippen LogP contribution >= 0.6 is 0 Å². The molecule has 0 saturated carbocycles. The molecule has 1 saturated heterocycles. The van der Waals surface area contributed by atoms with E-state index in [1.54, 1.807) is 19.1 Å². The van der Waals surface area contributed by atoms with Gasteiger partial charge in [-0.05, 0) is 61.2 Å². The van der Waals surface area contributed by atoms with E-state index in [0.717, 1.165) is 38.0 Å². The summed E-state index contributed by atoms with van der Waals surface area (Å²) >= 11 is 0. The Hall–Kier alpha value is -3.88. The molecular weight excluding hydrogens is 489 g/mol. The van der Waals surface area contributed by atoms with Crippen LogP contribution in [0, 0.1) is 17.7 Å². The number of carbonyl (C=O) groups excluding carboxylic acids is 1. The van der Waals surface area contributed by atoms with Crippen LogP contribution in [0.4, 0.5) is 4.39 Å². The van der Waals surface area contributed by atoms with Gasteiger partial charge in [0.2, 0.25) is 0 Å². The minimum absolute atomic E-state index is 0.00409. The summed E-state index contributed by atoms with van der Waals surface area (Å²) in [5, 5.41) is 0. The van der Waals surface area contributed by atoms with Crippen LogP contribution in [0.15, 0.2) is 72.8 Å². The third-order valence-electron chi connectivity index (χ3n) is 7.93. The molecule has 5 rings (SSSR count). The monoisotopic (exact) mass is 523 g/mol. The first-order chi connectivity index (χ1) is 19.0. The summed E-state index contributed by atoms with van der Waals surface area (Å²) in [5.41, 5.74) is 5.73. The Bertz CT molecular complexity index is 1410. The van der Waals surface area contributed by atoms with E-state index < -0.39 is 17.7 Å². The lowest BCUT2D eigenvalue weighted by Gasteiger charge is -2.39. The van der Waals surface area contributed by atoms with Gasteiger partial charge in [0.05, 0.1) is 19.4 Å². The Morgan fingerprint density at radius 1 is 1.05 bits per heavy atom. The molecule has 39 heavy (non-hydrogen) atoms. The number of rotatable bonds is 8. The predicted molar refractivity (Wildman–Crippen MR) is 152 cm³/mol. The lowest BCUT2D eigenvalue weighted by molar-refractivity contribution is -0.140. The summed E-state index contributed by atoms with van der Waals surface area (Å²) in [6.07, 6.45) is 7.01. The zero-order valence-corrected chi connectivity index (χ0v) is 22.6. The molecule has 1 unspecified atom stereocenters. The summed E-state index contributed by atoms with van der Waals surface area (Å²) in [4.78, 5) is 14.2. The first kappa shape index (κ1) is 26.7. The highest BCUT2D eigenvalue weighted by Crippen LogP contribution is 2.43. The van der Waals surface area contributed by atoms with Crippen molar-refractivity contribution in [3.05, 3.63) is 106 Å². The molecule has 4 nitrogen and oxygen atoms in total. The van der Waals surface area contributed by atoms with Crippen molar-refractivity contribution in [1.82, 2.24) is 4.90 Å². The lowest BCUT2D eigenvalue weighted by Crippen LogP contribution is -2.40. The quantitative estimate of drug-likeness (QED) is 0.245. The van der Waals surface area contributed by atoms with Crippen LogP contribution in [0.2, 0.25) is 0 Å². The third-order valence-corrected chi connectivity index (χ3v) is 7.93. The predicted octanol–water partition coefficient (Wildman–Crippen LogP) is 6.64. The molecule has 0 aromatic heterocycles. The number of methoxy groups -OCH3 is 1. The molecule has 0 bridgehead atoms. The van der Waals surface area contributed by atoms with Gasteiger partial charge in [0.15, 0.2) is 0 Å². The van der Waals surface area contributed by atoms with E-state index in [9.17, 15) is 9.18 Å². The Kier molecular flexibility index (Phi) is 8.14. The fourth-order valence-electron chi connectivity index (χ4n) is 5.69. The van der Waals surface area contributed by atoms with Crippen LogP contribution in [0.5, 0.6) is 5.75 Å². The number of fused-ring (bicyclic) bond motifs is 2. The molecule has 200 valence electrons. The number of hydrogen-bond acceptors (Lipinski definition) is 4. The van der Waals surface area contributed by atoms with Crippen LogP contribution in [0.1, 0.15) is 59.9 Å². The van der Waals surface area contributed by atoms with Crippen molar-refractivity contribution in [3.63, 3.8) is 0 Å². The highest BCUT2D eigenvalue weighted by Gasteiger charge is 2.37. The van der Waals surface area contributed by atoms with Gasteiger partial charge in [0, 0.05) is 23.6 Å². The number of hydrogen-bond donors (Lipinski definition) is 0. The molecule has 0 radical (unpaired) electrons. The van der Waals surface area contributed by atoms with Gasteiger partial charge >= 0.3 is 5.97 Å². The van der Waals surface area contributed by atoms with Gasteiger partial charge in [0.25, 0.3) is 0 Å². The van der Waals surface area contributed by atoms with Gasteiger partial charge in [-0.2, -0.15) is 0 Å². The maximum atomic E-state index is 14.8. The van der Waals surface area contributed by atoms with Gasteiger partial charge in [0.1, 0.15) is 18.2 Å². The molecule has 2 aliphatic rings. The van der Waals surface area contributed by atoms with Crippen molar-refractivity contribution in [1.29, 1.82) is 0 Å². The number of halogens is 1. The van der Waals surface area contributed by atoms with Crippen LogP contribution in [-0.4, -0.2) is 31.1 Å². The molecule has 0 amide bonds. The number of likely N-dealkylation sites (tertiary alicyclic amines) is 1. The zero-order valence-electron chi connectivity index (χ0n) is 22.6. The molecule has 1 atom stereocenters. The Morgan fingerprint density at radius 3 is 2.51 bits per heavy atom. The Balaban J connectivity index is 1.13. The highest BCUT2D eigenvalue weighted by atomic mass is 19.1. The molecule has 0 N–H and O–H groups in total. The van der Waals surface area contributed by atoms with Crippen LogP contribution < -0.4 is 4.74 Å². The first-order valence-electron chi connectivity index (χ1n) is 13.5. The van der Waals surface area contributed by atoms with Gasteiger partial charge in [-0.25, -0.2) is 4.39 Å². The number of allylic oxidation sites excluding steroid dienone is 1. The molecule has 1 heterocycles. The molecule has 1 aliphatic carbocycles. The second-order valence-corrected chi connectivity index (χ2v) is 10.4. The smallest absolute Gasteiger partial charge is 0.307 e. The molecule has 1 spiro atoms. The van der Waals surface area contributed by atoms with E-state index in [0.29, 0.717) is 17.9 Å². The van der Waals surface area contributed by atoms with E-state index in [1.807, 2.05) is 0 Å². The molecular formula is C34H34FNO3. The largest absolute Gasteiger partial charge is 0.489 e. The van der Waals surface area contributed by atoms with Gasteiger partial charge < -0.3 is 9.47 Å². The number of benzene rings is 3. The van der Waals surface area contributed by atoms with Crippen molar-refractivity contribution < 1.29 is 18.7 Å². The number of ether oxygens (including phenoxy) is 2. The minimum atomic E-state index is -0.556. The van der Waals surface area contributed by atoms with E-state index in [2.05, 4.69) is 77.4 Å². The fraction of sp³-hybridized carbons (Fsp3) is 0.324. The second-order valence-electron chi connectivity index (χ2n) is 10.4. The van der Waals surface area contributed by atoms with Crippen molar-refractivity contribution in [2.24, 2.45) is 0 Å². The Labute approximate surface area is 230 Å². The van der Waals surface area contributed by atoms with E-state index in [1.165, 1.54) is 29.9 Å². The lowest BCUT2D eigenvalue weighted by atomic mass is 9.74. The Morgan fingerprint density at radius 2 is 1.79 bits per heavy atom. The van der Waals surface area contributed by atoms with Crippen molar-refractivity contribution >= 4 is 12.0 Å². The standard InChI is InChI=1S/C34H34FNO3/c1-3-6-28(21-33(37)38-2)30-14-13-29(22-32(30)35)39-24-26-11-9-25(10-12-26)23-36-19-17-34(18-20-36)16-15-27-7-4-5-8-31(27)34/h4-5,7-16,22,28H,17-21,23-24H2,1-2H3. The summed E-state index contributed by atoms with van der Waals surface area (Å²) in [7, 11) is 1.31. The van der Waals surface area contributed by atoms with E-state index in [-0.39, 0.29) is 11.8 Å². The number of nitrogens with zero attached hydrogens (tertiary/aromatic N) is 1. The van der Waals surface area contributed by atoms with Crippen LogP contribution in [-0.2, 0) is 28.1 Å². The van der Waals surface area contributed by atoms with E-state index >= 15 is 0 Å². The number of piperidine rings is 1. The second kappa shape index (κ2) is 11.9. The van der Waals surface area contributed by atoms with Crippen molar-refractivity contribution in [2.75, 3.05) is 20.2 Å². The maximum absolute atomic E-state index is 14.8. The normalized spacial score (nSPS) is 16.3. The fourth-order valence-corrected chi connectivity index (χ4v) is 5.69. The summed E-state index contributed by atoms with van der Waals surface area (Å²) in [6.45, 7) is 5.10. The van der Waals surface area contributed by atoms with Crippen molar-refractivity contribution in [2.45, 2.75) is 50.7 Å². The third kappa shape index (κ3) is 6.08. The summed E-state index contributed by atoms with van der Waals surface area (Å²) in [5.74, 6) is 4.67. The average molecular weight is 524 g/mol. The van der Waals surface area contributed by atoms with Gasteiger partial charge in [-0.3, -0.25) is 9.69 Å². The summed E-state index contributed by atoms with van der Waals surface area (Å²) < 4.78 is 25.4.